The highest BCUT2D eigenvalue weighted by molar-refractivity contribution is 6.07. The third kappa shape index (κ3) is 3.22. The Morgan fingerprint density at radius 2 is 1.83 bits per heavy atom. The largest absolute Gasteiger partial charge is 0.497 e. The summed E-state index contributed by atoms with van der Waals surface area (Å²) < 4.78 is 8.33. The van der Waals surface area contributed by atoms with Crippen molar-refractivity contribution in [1.29, 1.82) is 0 Å². The third-order valence-electron chi connectivity index (χ3n) is 5.67. The van der Waals surface area contributed by atoms with E-state index >= 15 is 0 Å². The minimum Gasteiger partial charge on any atom is -0.497 e. The molecule has 0 bridgehead atoms. The molecule has 2 N–H and O–H groups in total. The van der Waals surface area contributed by atoms with Gasteiger partial charge in [0, 0.05) is 19.3 Å². The van der Waals surface area contributed by atoms with Crippen molar-refractivity contribution >= 4 is 17.5 Å². The molecule has 4 rings (SSSR count). The lowest BCUT2D eigenvalue weighted by molar-refractivity contribution is 0.0671. The number of aryl methyl sites for hydroxylation is 1. The number of rotatable bonds is 5. The molecule has 1 amide bonds. The average Bonchev–Trinajstić information content (AvgIpc) is 3.47. The van der Waals surface area contributed by atoms with Crippen molar-refractivity contribution in [1.82, 2.24) is 24.5 Å². The number of nitrogens with zero attached hydrogens (tertiary/aromatic N) is 5. The lowest BCUT2D eigenvalue weighted by Crippen LogP contribution is -2.40. The van der Waals surface area contributed by atoms with Gasteiger partial charge in [0.1, 0.15) is 11.6 Å². The first-order chi connectivity index (χ1) is 14.4. The molecule has 1 aliphatic heterocycles. The van der Waals surface area contributed by atoms with E-state index < -0.39 is 6.04 Å². The van der Waals surface area contributed by atoms with Gasteiger partial charge in [-0.15, -0.1) is 0 Å². The normalized spacial score (nSPS) is 16.1. The number of hydrogen-bond donors (Lipinski definition) is 1. The van der Waals surface area contributed by atoms with Crippen LogP contribution >= 0.6 is 0 Å². The van der Waals surface area contributed by atoms with Gasteiger partial charge in [-0.1, -0.05) is 0 Å². The Morgan fingerprint density at radius 3 is 2.47 bits per heavy atom. The molecule has 156 valence electrons. The van der Waals surface area contributed by atoms with E-state index in [-0.39, 0.29) is 17.5 Å². The van der Waals surface area contributed by atoms with Gasteiger partial charge in [0.2, 0.25) is 0 Å². The molecule has 1 atom stereocenters. The molecule has 0 aliphatic carbocycles. The molecular weight excluding hydrogens is 384 g/mol. The Labute approximate surface area is 174 Å². The number of ether oxygens (including phenoxy) is 1. The number of carbonyl (C=O) groups is 2. The van der Waals surface area contributed by atoms with Crippen LogP contribution in [0.4, 0.5) is 5.82 Å². The van der Waals surface area contributed by atoms with Crippen molar-refractivity contribution in [2.75, 3.05) is 19.4 Å². The van der Waals surface area contributed by atoms with Crippen LogP contribution in [0.5, 0.6) is 5.75 Å². The van der Waals surface area contributed by atoms with Crippen molar-refractivity contribution in [2.45, 2.75) is 25.8 Å². The van der Waals surface area contributed by atoms with Crippen LogP contribution in [-0.2, 0) is 7.05 Å². The maximum Gasteiger partial charge on any atom is 0.257 e. The van der Waals surface area contributed by atoms with Crippen LogP contribution in [-0.4, -0.2) is 55.8 Å². The Kier molecular flexibility index (Phi) is 5.03. The molecule has 3 aromatic rings. The minimum atomic E-state index is -0.562. The number of methoxy groups -OCH3 is 1. The SMILES string of the molecule is COc1ccc(-n2ncc(C(=O)[C@@H]3CCCN3C(=O)c3cnn(C)c3C)c2N)cc1. The number of nitrogen functional groups attached to an aromatic ring is 1. The average molecular weight is 408 g/mol. The minimum absolute atomic E-state index is 0.183. The summed E-state index contributed by atoms with van der Waals surface area (Å²) in [5.41, 5.74) is 8.59. The maximum absolute atomic E-state index is 13.3. The second kappa shape index (κ2) is 7.66. The molecule has 0 unspecified atom stereocenters. The smallest absolute Gasteiger partial charge is 0.257 e. The van der Waals surface area contributed by atoms with E-state index in [1.54, 1.807) is 42.1 Å². The van der Waals surface area contributed by atoms with Crippen molar-refractivity contribution in [3.8, 4) is 11.4 Å². The standard InChI is InChI=1S/C21H24N6O3/c1-13-16(11-23-25(13)2)21(29)26-10-4-5-18(26)19(28)17-12-24-27(20(17)22)14-6-8-15(30-3)9-7-14/h6-9,11-12,18H,4-5,10,22H2,1-3H3/t18-/m0/s1. The number of amides is 1. The molecule has 1 fully saturated rings. The first-order valence-electron chi connectivity index (χ1n) is 9.74. The number of benzene rings is 1. The lowest BCUT2D eigenvalue weighted by Gasteiger charge is -2.23. The number of ketones is 1. The molecule has 1 aromatic carbocycles. The van der Waals surface area contributed by atoms with Gasteiger partial charge in [-0.25, -0.2) is 4.68 Å². The number of Topliss-reactive ketones (excluding diaryl/α,β-unsaturated/α-hetero) is 1. The summed E-state index contributed by atoms with van der Waals surface area (Å²) >= 11 is 0. The van der Waals surface area contributed by atoms with E-state index in [1.165, 1.54) is 10.9 Å². The quantitative estimate of drug-likeness (QED) is 0.647. The van der Waals surface area contributed by atoms with E-state index in [4.69, 9.17) is 10.5 Å². The first-order valence-corrected chi connectivity index (χ1v) is 9.74. The van der Waals surface area contributed by atoms with Gasteiger partial charge in [-0.3, -0.25) is 14.3 Å². The fourth-order valence-electron chi connectivity index (χ4n) is 3.80. The van der Waals surface area contributed by atoms with Crippen LogP contribution in [0.25, 0.3) is 5.69 Å². The zero-order valence-electron chi connectivity index (χ0n) is 17.2. The Balaban J connectivity index is 1.60. The van der Waals surface area contributed by atoms with Gasteiger partial charge in [0.05, 0.1) is 42.4 Å². The van der Waals surface area contributed by atoms with Gasteiger partial charge < -0.3 is 15.4 Å². The predicted molar refractivity (Wildman–Crippen MR) is 111 cm³/mol. The van der Waals surface area contributed by atoms with E-state index in [1.807, 2.05) is 19.1 Å². The van der Waals surface area contributed by atoms with Crippen LogP contribution < -0.4 is 10.5 Å². The van der Waals surface area contributed by atoms with Crippen LogP contribution in [0.2, 0.25) is 0 Å². The van der Waals surface area contributed by atoms with E-state index in [0.29, 0.717) is 29.8 Å². The third-order valence-corrected chi connectivity index (χ3v) is 5.67. The lowest BCUT2D eigenvalue weighted by atomic mass is 10.0. The number of nitrogens with two attached hydrogens (primary N) is 1. The molecule has 9 nitrogen and oxygen atoms in total. The monoisotopic (exact) mass is 408 g/mol. The summed E-state index contributed by atoms with van der Waals surface area (Å²) in [4.78, 5) is 28.0. The molecule has 0 spiro atoms. The molecular formula is C21H24N6O3. The Bertz CT molecular complexity index is 1100. The Hall–Kier alpha value is -3.62. The van der Waals surface area contributed by atoms with Crippen LogP contribution in [0.3, 0.4) is 0 Å². The highest BCUT2D eigenvalue weighted by atomic mass is 16.5. The van der Waals surface area contributed by atoms with E-state index in [0.717, 1.165) is 17.8 Å². The van der Waals surface area contributed by atoms with Gasteiger partial charge in [-0.05, 0) is 44.0 Å². The summed E-state index contributed by atoms with van der Waals surface area (Å²) in [7, 11) is 3.38. The summed E-state index contributed by atoms with van der Waals surface area (Å²) in [6.07, 6.45) is 4.37. The summed E-state index contributed by atoms with van der Waals surface area (Å²) in [5.74, 6) is 0.589. The number of carbonyl (C=O) groups excluding carboxylic acids is 2. The summed E-state index contributed by atoms with van der Waals surface area (Å²) in [6.45, 7) is 2.36. The number of aromatic nitrogens is 4. The second-order valence-electron chi connectivity index (χ2n) is 7.34. The number of likely N-dealkylation sites (tertiary alicyclic amines) is 1. The summed E-state index contributed by atoms with van der Waals surface area (Å²) in [5, 5.41) is 8.43. The van der Waals surface area contributed by atoms with Crippen LogP contribution in [0.1, 0.15) is 39.3 Å². The predicted octanol–water partition coefficient (Wildman–Crippen LogP) is 1.99. The number of anilines is 1. The van der Waals surface area contributed by atoms with E-state index in [2.05, 4.69) is 10.2 Å². The molecule has 0 radical (unpaired) electrons. The fourth-order valence-corrected chi connectivity index (χ4v) is 3.80. The second-order valence-corrected chi connectivity index (χ2v) is 7.34. The van der Waals surface area contributed by atoms with Gasteiger partial charge in [-0.2, -0.15) is 10.2 Å². The van der Waals surface area contributed by atoms with Gasteiger partial charge in [0.15, 0.2) is 5.78 Å². The van der Waals surface area contributed by atoms with Crippen molar-refractivity contribution in [3.05, 3.63) is 53.5 Å². The van der Waals surface area contributed by atoms with Gasteiger partial charge >= 0.3 is 0 Å². The van der Waals surface area contributed by atoms with E-state index in [9.17, 15) is 9.59 Å². The molecule has 3 heterocycles. The zero-order valence-corrected chi connectivity index (χ0v) is 17.2. The van der Waals surface area contributed by atoms with Crippen molar-refractivity contribution in [3.63, 3.8) is 0 Å². The fraction of sp³-hybridized carbons (Fsp3) is 0.333. The van der Waals surface area contributed by atoms with Crippen molar-refractivity contribution in [2.24, 2.45) is 7.05 Å². The van der Waals surface area contributed by atoms with Crippen LogP contribution in [0.15, 0.2) is 36.7 Å². The molecule has 1 saturated heterocycles. The molecule has 1 aliphatic rings. The van der Waals surface area contributed by atoms with Crippen molar-refractivity contribution < 1.29 is 14.3 Å². The first kappa shape index (κ1) is 19.7. The maximum atomic E-state index is 13.3. The highest BCUT2D eigenvalue weighted by Crippen LogP contribution is 2.27. The molecule has 9 heteroatoms. The molecule has 0 saturated carbocycles. The van der Waals surface area contributed by atoms with Gasteiger partial charge in [0.25, 0.3) is 5.91 Å². The zero-order chi connectivity index (χ0) is 21.4. The highest BCUT2D eigenvalue weighted by Gasteiger charge is 2.37. The number of hydrogen-bond acceptors (Lipinski definition) is 6. The molecule has 2 aromatic heterocycles. The molecule has 30 heavy (non-hydrogen) atoms. The topological polar surface area (TPSA) is 108 Å². The summed E-state index contributed by atoms with van der Waals surface area (Å²) in [6, 6.07) is 6.66. The Morgan fingerprint density at radius 1 is 1.13 bits per heavy atom. The van der Waals surface area contributed by atoms with Crippen LogP contribution in [0, 0.1) is 6.92 Å².